The first-order chi connectivity index (χ1) is 16.2. The number of nitrogens with one attached hydrogen (secondary N) is 1. The van der Waals surface area contributed by atoms with Crippen molar-refractivity contribution >= 4 is 23.4 Å². The van der Waals surface area contributed by atoms with Crippen molar-refractivity contribution in [2.45, 2.75) is 36.2 Å². The summed E-state index contributed by atoms with van der Waals surface area (Å²) >= 11 is 1.48. The molecule has 0 atom stereocenters. The van der Waals surface area contributed by atoms with Gasteiger partial charge < -0.3 is 14.6 Å². The second-order valence-corrected chi connectivity index (χ2v) is 8.41. The number of methoxy groups -OCH3 is 1. The molecule has 0 aliphatic heterocycles. The summed E-state index contributed by atoms with van der Waals surface area (Å²) in [5, 5.41) is 16.3. The van der Waals surface area contributed by atoms with E-state index in [0.29, 0.717) is 34.9 Å². The van der Waals surface area contributed by atoms with Crippen molar-refractivity contribution < 1.29 is 14.1 Å². The second kappa shape index (κ2) is 9.41. The number of amides is 1. The minimum absolute atomic E-state index is 0.00434. The number of hydrogen-bond acceptors (Lipinski definition) is 9. The van der Waals surface area contributed by atoms with E-state index < -0.39 is 0 Å². The number of para-hydroxylation sites is 2. The molecule has 0 unspecified atom stereocenters. The fourth-order valence-corrected chi connectivity index (χ4v) is 4.20. The number of benzene rings is 1. The molecular formula is C22H21N7O3S. The van der Waals surface area contributed by atoms with Gasteiger partial charge in [-0.3, -0.25) is 14.3 Å². The van der Waals surface area contributed by atoms with Gasteiger partial charge in [-0.2, -0.15) is 4.98 Å². The van der Waals surface area contributed by atoms with Crippen molar-refractivity contribution in [2.75, 3.05) is 12.4 Å². The second-order valence-electron chi connectivity index (χ2n) is 7.47. The number of ether oxygens (including phenoxy) is 1. The molecule has 1 aliphatic rings. The molecule has 4 aromatic rings. The van der Waals surface area contributed by atoms with Gasteiger partial charge in [-0.05, 0) is 37.1 Å². The Balaban J connectivity index is 1.22. The van der Waals surface area contributed by atoms with Gasteiger partial charge in [0, 0.05) is 24.0 Å². The fourth-order valence-electron chi connectivity index (χ4n) is 3.36. The van der Waals surface area contributed by atoms with E-state index in [1.165, 1.54) is 11.8 Å². The van der Waals surface area contributed by atoms with Gasteiger partial charge in [0.2, 0.25) is 11.8 Å². The van der Waals surface area contributed by atoms with E-state index in [4.69, 9.17) is 9.26 Å². The summed E-state index contributed by atoms with van der Waals surface area (Å²) in [5.74, 6) is 2.31. The maximum Gasteiger partial charge on any atom is 0.237 e. The molecule has 1 amide bonds. The van der Waals surface area contributed by atoms with Gasteiger partial charge in [0.15, 0.2) is 16.8 Å². The average molecular weight is 464 g/mol. The first-order valence-corrected chi connectivity index (χ1v) is 11.4. The molecule has 33 heavy (non-hydrogen) atoms. The highest BCUT2D eigenvalue weighted by atomic mass is 32.2. The van der Waals surface area contributed by atoms with Crippen LogP contribution in [0.15, 0.2) is 58.5 Å². The van der Waals surface area contributed by atoms with Gasteiger partial charge in [0.25, 0.3) is 0 Å². The van der Waals surface area contributed by atoms with Gasteiger partial charge in [0.1, 0.15) is 5.75 Å². The number of aromatic nitrogens is 6. The monoisotopic (exact) mass is 463 g/mol. The molecule has 3 heterocycles. The van der Waals surface area contributed by atoms with Gasteiger partial charge >= 0.3 is 0 Å². The Hall–Kier alpha value is -3.73. The largest absolute Gasteiger partial charge is 0.495 e. The maximum atomic E-state index is 12.4. The number of rotatable bonds is 9. The smallest absolute Gasteiger partial charge is 0.237 e. The SMILES string of the molecule is COc1ccccc1NC(=O)Cc1noc(CSc2nnc(-c3cccnc3)n2C2CC2)n1. The zero-order chi connectivity index (χ0) is 22.6. The van der Waals surface area contributed by atoms with Crippen molar-refractivity contribution in [2.24, 2.45) is 0 Å². The highest BCUT2D eigenvalue weighted by Crippen LogP contribution is 2.41. The van der Waals surface area contributed by atoms with Gasteiger partial charge in [0.05, 0.1) is 25.0 Å². The standard InChI is InChI=1S/C22H21N7O3S/c1-31-17-7-3-2-6-16(17)24-19(30)11-18-25-20(32-28-18)13-33-22-27-26-21(29(22)15-8-9-15)14-5-4-10-23-12-14/h2-7,10,12,15H,8-9,11,13H2,1H3,(H,24,30). The Labute approximate surface area is 193 Å². The summed E-state index contributed by atoms with van der Waals surface area (Å²) in [4.78, 5) is 20.9. The van der Waals surface area contributed by atoms with E-state index in [9.17, 15) is 4.79 Å². The number of hydrogen-bond donors (Lipinski definition) is 1. The van der Waals surface area contributed by atoms with Crippen LogP contribution in [0.4, 0.5) is 5.69 Å². The molecule has 5 rings (SSSR count). The predicted molar refractivity (Wildman–Crippen MR) is 121 cm³/mol. The molecule has 3 aromatic heterocycles. The van der Waals surface area contributed by atoms with Crippen LogP contribution < -0.4 is 10.1 Å². The van der Waals surface area contributed by atoms with Crippen LogP contribution in [0.5, 0.6) is 5.75 Å². The molecule has 168 valence electrons. The topological polar surface area (TPSA) is 121 Å². The Bertz CT molecular complexity index is 1250. The molecule has 0 spiro atoms. The van der Waals surface area contributed by atoms with E-state index >= 15 is 0 Å². The third kappa shape index (κ3) is 4.87. The number of anilines is 1. The minimum Gasteiger partial charge on any atom is -0.495 e. The molecule has 11 heteroatoms. The van der Waals surface area contributed by atoms with Gasteiger partial charge in [-0.1, -0.05) is 29.1 Å². The molecule has 10 nitrogen and oxygen atoms in total. The average Bonchev–Trinajstić information content (AvgIpc) is 3.43. The molecule has 0 saturated heterocycles. The first-order valence-electron chi connectivity index (χ1n) is 10.4. The molecule has 0 bridgehead atoms. The van der Waals surface area contributed by atoms with Crippen molar-refractivity contribution in [3.05, 3.63) is 60.5 Å². The summed E-state index contributed by atoms with van der Waals surface area (Å²) in [7, 11) is 1.55. The number of nitrogens with zero attached hydrogens (tertiary/aromatic N) is 6. The Morgan fingerprint density at radius 1 is 1.24 bits per heavy atom. The molecule has 1 aliphatic carbocycles. The van der Waals surface area contributed by atoms with Crippen LogP contribution >= 0.6 is 11.8 Å². The normalized spacial score (nSPS) is 13.1. The fraction of sp³-hybridized carbons (Fsp3) is 0.273. The van der Waals surface area contributed by atoms with E-state index in [2.05, 4.69) is 35.2 Å². The van der Waals surface area contributed by atoms with E-state index in [1.807, 2.05) is 24.3 Å². The first kappa shape index (κ1) is 21.1. The quantitative estimate of drug-likeness (QED) is 0.371. The summed E-state index contributed by atoms with van der Waals surface area (Å²) in [6.45, 7) is 0. The Kier molecular flexibility index (Phi) is 6.03. The van der Waals surface area contributed by atoms with E-state index in [1.54, 1.807) is 31.6 Å². The van der Waals surface area contributed by atoms with Gasteiger partial charge in [-0.15, -0.1) is 10.2 Å². The molecule has 1 saturated carbocycles. The summed E-state index contributed by atoms with van der Waals surface area (Å²) in [5.41, 5.74) is 1.53. The molecule has 1 aromatic carbocycles. The summed E-state index contributed by atoms with van der Waals surface area (Å²) in [6.07, 6.45) is 5.73. The van der Waals surface area contributed by atoms with Crippen molar-refractivity contribution in [1.82, 2.24) is 29.9 Å². The lowest BCUT2D eigenvalue weighted by Gasteiger charge is -2.08. The van der Waals surface area contributed by atoms with Crippen LogP contribution in [-0.4, -0.2) is 42.9 Å². The van der Waals surface area contributed by atoms with Gasteiger partial charge in [-0.25, -0.2) is 0 Å². The van der Waals surface area contributed by atoms with Crippen LogP contribution in [-0.2, 0) is 17.0 Å². The van der Waals surface area contributed by atoms with Crippen LogP contribution in [0, 0.1) is 0 Å². The molecule has 1 fully saturated rings. The zero-order valence-corrected chi connectivity index (χ0v) is 18.7. The Morgan fingerprint density at radius 2 is 2.12 bits per heavy atom. The van der Waals surface area contributed by atoms with Crippen molar-refractivity contribution in [1.29, 1.82) is 0 Å². The number of pyridine rings is 1. The maximum absolute atomic E-state index is 12.4. The van der Waals surface area contributed by atoms with Crippen molar-refractivity contribution in [3.63, 3.8) is 0 Å². The third-order valence-corrected chi connectivity index (χ3v) is 5.96. The minimum atomic E-state index is -0.255. The van der Waals surface area contributed by atoms with Crippen LogP contribution in [0.3, 0.4) is 0 Å². The third-order valence-electron chi connectivity index (χ3n) is 5.03. The number of carbonyl (C=O) groups excluding carboxylic acids is 1. The number of carbonyl (C=O) groups is 1. The predicted octanol–water partition coefficient (Wildman–Crippen LogP) is 3.54. The molecule has 0 radical (unpaired) electrons. The number of thioether (sulfide) groups is 1. The van der Waals surface area contributed by atoms with Crippen LogP contribution in [0.25, 0.3) is 11.4 Å². The van der Waals surface area contributed by atoms with Crippen LogP contribution in [0.2, 0.25) is 0 Å². The Morgan fingerprint density at radius 3 is 2.91 bits per heavy atom. The molecular weight excluding hydrogens is 442 g/mol. The lowest BCUT2D eigenvalue weighted by Crippen LogP contribution is -2.15. The van der Waals surface area contributed by atoms with E-state index in [0.717, 1.165) is 29.4 Å². The summed E-state index contributed by atoms with van der Waals surface area (Å²) in [6, 6.07) is 11.5. The lowest BCUT2D eigenvalue weighted by atomic mass is 10.2. The molecule has 1 N–H and O–H groups in total. The van der Waals surface area contributed by atoms with E-state index in [-0.39, 0.29) is 12.3 Å². The van der Waals surface area contributed by atoms with Crippen LogP contribution in [0.1, 0.15) is 30.6 Å². The van der Waals surface area contributed by atoms with Crippen molar-refractivity contribution in [3.8, 4) is 17.1 Å². The highest BCUT2D eigenvalue weighted by Gasteiger charge is 2.30. The highest BCUT2D eigenvalue weighted by molar-refractivity contribution is 7.98. The zero-order valence-electron chi connectivity index (χ0n) is 17.8. The summed E-state index contributed by atoms with van der Waals surface area (Å²) < 4.78 is 12.7. The lowest BCUT2D eigenvalue weighted by molar-refractivity contribution is -0.115.